The molecule has 0 fully saturated rings. The van der Waals surface area contributed by atoms with Gasteiger partial charge in [-0.1, -0.05) is 187 Å². The van der Waals surface area contributed by atoms with Gasteiger partial charge in [-0.3, -0.25) is 4.79 Å². The average molecular weight is 668 g/mol. The summed E-state index contributed by atoms with van der Waals surface area (Å²) in [6, 6.07) is -0.985. The van der Waals surface area contributed by atoms with Crippen LogP contribution in [0.5, 0.6) is 0 Å². The van der Waals surface area contributed by atoms with Crippen molar-refractivity contribution in [3.05, 3.63) is 12.2 Å². The summed E-state index contributed by atoms with van der Waals surface area (Å²) in [7, 11) is 0. The predicted molar refractivity (Wildman–Crippen MR) is 201 cm³/mol. The Hall–Kier alpha value is -0.950. The number of hydrogen-bond acceptors (Lipinski definition) is 5. The van der Waals surface area contributed by atoms with Gasteiger partial charge in [0.25, 0.3) is 0 Å². The van der Waals surface area contributed by atoms with Gasteiger partial charge in [0.05, 0.1) is 18.8 Å². The van der Waals surface area contributed by atoms with E-state index in [0.717, 1.165) is 51.4 Å². The summed E-state index contributed by atoms with van der Waals surface area (Å²) < 4.78 is 0. The number of unbranched alkanes of at least 4 members (excludes halogenated alkanes) is 26. The molecule has 0 radical (unpaired) electrons. The highest BCUT2D eigenvalue weighted by molar-refractivity contribution is 5.80. The van der Waals surface area contributed by atoms with Crippen LogP contribution >= 0.6 is 0 Å². The first-order valence-corrected chi connectivity index (χ1v) is 20.6. The summed E-state index contributed by atoms with van der Waals surface area (Å²) in [6.45, 7) is 4.04. The lowest BCUT2D eigenvalue weighted by Crippen LogP contribution is -2.53. The van der Waals surface area contributed by atoms with E-state index < -0.39 is 36.9 Å². The highest BCUT2D eigenvalue weighted by Gasteiger charge is 2.28. The normalized spacial score (nSPS) is 14.4. The van der Waals surface area contributed by atoms with Crippen LogP contribution in [-0.4, -0.2) is 57.3 Å². The summed E-state index contributed by atoms with van der Waals surface area (Å²) in [5.41, 5.74) is 0. The molecule has 0 bridgehead atoms. The number of carbonyl (C=O) groups excluding carboxylic acids is 1. The van der Waals surface area contributed by atoms with Gasteiger partial charge in [-0.15, -0.1) is 0 Å². The van der Waals surface area contributed by atoms with E-state index in [0.29, 0.717) is 12.8 Å². The van der Waals surface area contributed by atoms with Crippen LogP contribution in [0.2, 0.25) is 0 Å². The number of nitrogens with one attached hydrogen (secondary N) is 1. The number of aliphatic hydroxyl groups excluding tert-OH is 4. The molecule has 0 aliphatic rings. The van der Waals surface area contributed by atoms with Crippen LogP contribution < -0.4 is 5.32 Å². The molecule has 4 atom stereocenters. The van der Waals surface area contributed by atoms with Crippen LogP contribution in [0.4, 0.5) is 0 Å². The number of carbonyl (C=O) groups is 1. The fraction of sp³-hybridized carbons (Fsp3) is 0.927. The van der Waals surface area contributed by atoms with E-state index >= 15 is 0 Å². The molecule has 0 saturated carbocycles. The summed E-state index contributed by atoms with van der Waals surface area (Å²) in [4.78, 5) is 12.5. The Morgan fingerprint density at radius 2 is 0.851 bits per heavy atom. The standard InChI is InChI=1S/C41H81NO5/c1-3-5-7-9-11-13-15-17-19-21-22-24-26-28-30-32-34-38(44)40(46)37(36-43)42-41(47)39(45)35-33-31-29-27-25-23-20-18-16-14-12-10-8-6-4-2/h20,23,37-40,43-46H,3-19,21-22,24-36H2,1-2H3,(H,42,47)/b23-20-. The van der Waals surface area contributed by atoms with E-state index in [-0.39, 0.29) is 0 Å². The zero-order valence-electron chi connectivity index (χ0n) is 31.3. The minimum Gasteiger partial charge on any atom is -0.394 e. The van der Waals surface area contributed by atoms with Crippen molar-refractivity contribution in [2.45, 2.75) is 237 Å². The first kappa shape index (κ1) is 46.0. The molecule has 5 N–H and O–H groups in total. The van der Waals surface area contributed by atoms with Gasteiger partial charge in [0.1, 0.15) is 12.2 Å². The molecule has 0 aliphatic carbocycles. The van der Waals surface area contributed by atoms with Gasteiger partial charge in [0, 0.05) is 0 Å². The highest BCUT2D eigenvalue weighted by Crippen LogP contribution is 2.16. The van der Waals surface area contributed by atoms with E-state index in [2.05, 4.69) is 31.3 Å². The largest absolute Gasteiger partial charge is 0.394 e. The fourth-order valence-electron chi connectivity index (χ4n) is 6.40. The van der Waals surface area contributed by atoms with E-state index in [9.17, 15) is 25.2 Å². The zero-order chi connectivity index (χ0) is 34.6. The van der Waals surface area contributed by atoms with Crippen molar-refractivity contribution in [3.63, 3.8) is 0 Å². The molecular weight excluding hydrogens is 586 g/mol. The molecule has 47 heavy (non-hydrogen) atoms. The summed E-state index contributed by atoms with van der Waals surface area (Å²) in [5, 5.41) is 43.6. The predicted octanol–water partition coefficient (Wildman–Crippen LogP) is 10.2. The number of amides is 1. The first-order chi connectivity index (χ1) is 23.0. The highest BCUT2D eigenvalue weighted by atomic mass is 16.3. The molecule has 0 heterocycles. The smallest absolute Gasteiger partial charge is 0.249 e. The Kier molecular flexibility index (Phi) is 35.6. The van der Waals surface area contributed by atoms with Crippen LogP contribution in [0.25, 0.3) is 0 Å². The third-order valence-corrected chi connectivity index (χ3v) is 9.73. The van der Waals surface area contributed by atoms with Crippen molar-refractivity contribution in [2.24, 2.45) is 0 Å². The Bertz CT molecular complexity index is 672. The maximum atomic E-state index is 12.5. The maximum absolute atomic E-state index is 12.5. The SMILES string of the molecule is CCCCCCCCC/C=C\CCCCCCC(O)C(=O)NC(CO)C(O)C(O)CCCCCCCCCCCCCCCCCC. The molecule has 6 nitrogen and oxygen atoms in total. The Balaban J connectivity index is 3.78. The lowest BCUT2D eigenvalue weighted by Gasteiger charge is -2.27. The molecule has 0 aliphatic heterocycles. The van der Waals surface area contributed by atoms with Crippen molar-refractivity contribution in [2.75, 3.05) is 6.61 Å². The summed E-state index contributed by atoms with van der Waals surface area (Å²) in [6.07, 6.45) is 38.0. The van der Waals surface area contributed by atoms with Crippen molar-refractivity contribution in [1.29, 1.82) is 0 Å². The average Bonchev–Trinajstić information content (AvgIpc) is 3.07. The molecule has 0 aromatic rings. The van der Waals surface area contributed by atoms with E-state index in [1.54, 1.807) is 0 Å². The van der Waals surface area contributed by atoms with Crippen LogP contribution in [0.1, 0.15) is 213 Å². The van der Waals surface area contributed by atoms with Crippen LogP contribution in [0.15, 0.2) is 12.2 Å². The minimum atomic E-state index is -1.26. The molecule has 0 aromatic carbocycles. The summed E-state index contributed by atoms with van der Waals surface area (Å²) >= 11 is 0. The molecule has 0 saturated heterocycles. The molecule has 0 rings (SSSR count). The van der Waals surface area contributed by atoms with Crippen molar-refractivity contribution < 1.29 is 25.2 Å². The third kappa shape index (κ3) is 30.8. The molecular formula is C41H81NO5. The Labute approximate surface area is 292 Å². The molecule has 6 heteroatoms. The van der Waals surface area contributed by atoms with Gasteiger partial charge in [-0.2, -0.15) is 0 Å². The monoisotopic (exact) mass is 668 g/mol. The molecule has 0 spiro atoms. The Morgan fingerprint density at radius 3 is 1.23 bits per heavy atom. The van der Waals surface area contributed by atoms with Gasteiger partial charge in [0.15, 0.2) is 0 Å². The van der Waals surface area contributed by atoms with Gasteiger partial charge >= 0.3 is 0 Å². The maximum Gasteiger partial charge on any atom is 0.249 e. The minimum absolute atomic E-state index is 0.357. The molecule has 0 aromatic heterocycles. The van der Waals surface area contributed by atoms with Gasteiger partial charge in [0.2, 0.25) is 5.91 Å². The van der Waals surface area contributed by atoms with E-state index in [1.807, 2.05) is 0 Å². The Morgan fingerprint density at radius 1 is 0.511 bits per heavy atom. The zero-order valence-corrected chi connectivity index (χ0v) is 31.3. The number of rotatable bonds is 37. The fourth-order valence-corrected chi connectivity index (χ4v) is 6.40. The van der Waals surface area contributed by atoms with Crippen molar-refractivity contribution in [3.8, 4) is 0 Å². The second-order valence-electron chi connectivity index (χ2n) is 14.3. The first-order valence-electron chi connectivity index (χ1n) is 20.6. The quantitative estimate of drug-likeness (QED) is 0.0335. The number of allylic oxidation sites excluding steroid dienone is 2. The third-order valence-electron chi connectivity index (χ3n) is 9.73. The molecule has 4 unspecified atom stereocenters. The van der Waals surface area contributed by atoms with Crippen LogP contribution in [0, 0.1) is 0 Å². The topological polar surface area (TPSA) is 110 Å². The van der Waals surface area contributed by atoms with Crippen LogP contribution in [0.3, 0.4) is 0 Å². The van der Waals surface area contributed by atoms with Crippen molar-refractivity contribution in [1.82, 2.24) is 5.32 Å². The number of aliphatic hydroxyl groups is 4. The molecule has 1 amide bonds. The lowest BCUT2D eigenvalue weighted by molar-refractivity contribution is -0.132. The summed E-state index contributed by atoms with van der Waals surface area (Å²) in [5.74, 6) is -0.592. The van der Waals surface area contributed by atoms with Gasteiger partial charge in [-0.05, 0) is 38.5 Å². The van der Waals surface area contributed by atoms with Gasteiger partial charge in [-0.25, -0.2) is 0 Å². The number of hydrogen-bond donors (Lipinski definition) is 5. The van der Waals surface area contributed by atoms with Gasteiger partial charge < -0.3 is 25.7 Å². The lowest BCUT2D eigenvalue weighted by atomic mass is 9.99. The second-order valence-corrected chi connectivity index (χ2v) is 14.3. The molecule has 280 valence electrons. The van der Waals surface area contributed by atoms with Crippen molar-refractivity contribution >= 4 is 5.91 Å². The second kappa shape index (κ2) is 36.3. The van der Waals surface area contributed by atoms with Crippen LogP contribution in [-0.2, 0) is 4.79 Å². The van der Waals surface area contributed by atoms with E-state index in [4.69, 9.17) is 0 Å². The van der Waals surface area contributed by atoms with E-state index in [1.165, 1.54) is 135 Å².